The van der Waals surface area contributed by atoms with E-state index in [1.165, 1.54) is 16.7 Å². The minimum Gasteiger partial charge on any atom is -0.497 e. The third-order valence-electron chi connectivity index (χ3n) is 2.94. The first kappa shape index (κ1) is 18.0. The van der Waals surface area contributed by atoms with Crippen LogP contribution < -0.4 is 4.74 Å². The van der Waals surface area contributed by atoms with Crippen LogP contribution in [0, 0.1) is 0 Å². The first-order valence-corrected chi connectivity index (χ1v) is 7.03. The van der Waals surface area contributed by atoms with E-state index >= 15 is 0 Å². The highest BCUT2D eigenvalue weighted by atomic mass is 16.6. The third kappa shape index (κ3) is 6.52. The fourth-order valence-corrected chi connectivity index (χ4v) is 1.94. The fourth-order valence-electron chi connectivity index (χ4n) is 1.94. The molecule has 0 atom stereocenters. The van der Waals surface area contributed by atoms with Gasteiger partial charge in [0, 0.05) is 0 Å². The molecule has 0 aliphatic rings. The van der Waals surface area contributed by atoms with E-state index in [1.807, 2.05) is 31.2 Å². The van der Waals surface area contributed by atoms with E-state index in [9.17, 15) is 0 Å². The molecule has 0 heterocycles. The normalized spacial score (nSPS) is 10.8. The summed E-state index contributed by atoms with van der Waals surface area (Å²) >= 11 is 0. The predicted octanol–water partition coefficient (Wildman–Crippen LogP) is 4.93. The van der Waals surface area contributed by atoms with Crippen LogP contribution in [0.25, 0.3) is 5.57 Å². The van der Waals surface area contributed by atoms with E-state index < -0.39 is 6.16 Å². The molecule has 0 amide bonds. The Labute approximate surface area is 136 Å². The van der Waals surface area contributed by atoms with Gasteiger partial charge in [0.25, 0.3) is 0 Å². The predicted molar refractivity (Wildman–Crippen MR) is 92.0 cm³/mol. The number of benzene rings is 2. The molecule has 0 saturated heterocycles. The zero-order valence-electron chi connectivity index (χ0n) is 13.1. The molecule has 0 aliphatic heterocycles. The maximum Gasteiger partial charge on any atom is 0.503 e. The Morgan fingerprint density at radius 2 is 1.48 bits per heavy atom. The van der Waals surface area contributed by atoms with Gasteiger partial charge in [0.1, 0.15) is 5.75 Å². The Morgan fingerprint density at radius 1 is 0.957 bits per heavy atom. The molecule has 23 heavy (non-hydrogen) atoms. The van der Waals surface area contributed by atoms with Gasteiger partial charge in [-0.05, 0) is 35.8 Å². The van der Waals surface area contributed by atoms with Crippen molar-refractivity contribution in [3.8, 4) is 5.75 Å². The van der Waals surface area contributed by atoms with Crippen LogP contribution in [0.2, 0.25) is 0 Å². The third-order valence-corrected chi connectivity index (χ3v) is 2.94. The average Bonchev–Trinajstić information content (AvgIpc) is 2.56. The van der Waals surface area contributed by atoms with Gasteiger partial charge >= 0.3 is 6.16 Å². The van der Waals surface area contributed by atoms with Gasteiger partial charge in [0.05, 0.1) is 7.11 Å². The van der Waals surface area contributed by atoms with E-state index in [1.54, 1.807) is 7.11 Å². The Morgan fingerprint density at radius 3 is 1.96 bits per heavy atom. The standard InChI is InChI=1S/C18H18O.CH2O3/c1-3-4-10-18(15-8-6-5-7-9-15)16-11-13-17(19-2)14-12-16;2-1(3)4/h3-14H,1-2H3;(H2,2,3,4)/b4-3+,18-10+;. The quantitative estimate of drug-likeness (QED) is 0.786. The lowest BCUT2D eigenvalue weighted by Crippen LogP contribution is -1.88. The highest BCUT2D eigenvalue weighted by molar-refractivity contribution is 5.80. The minimum atomic E-state index is -1.83. The Kier molecular flexibility index (Phi) is 7.72. The van der Waals surface area contributed by atoms with Crippen LogP contribution >= 0.6 is 0 Å². The molecule has 2 aromatic carbocycles. The Balaban J connectivity index is 0.000000593. The van der Waals surface area contributed by atoms with E-state index in [2.05, 4.69) is 48.6 Å². The number of rotatable bonds is 4. The van der Waals surface area contributed by atoms with Crippen LogP contribution in [0.1, 0.15) is 18.1 Å². The second-order valence-electron chi connectivity index (χ2n) is 4.48. The monoisotopic (exact) mass is 312 g/mol. The zero-order chi connectivity index (χ0) is 17.1. The lowest BCUT2D eigenvalue weighted by Gasteiger charge is -2.08. The van der Waals surface area contributed by atoms with Crippen LogP contribution in [0.5, 0.6) is 5.75 Å². The van der Waals surface area contributed by atoms with E-state index in [0.29, 0.717) is 0 Å². The molecule has 0 spiro atoms. The topological polar surface area (TPSA) is 66.8 Å². The Hall–Kier alpha value is -3.01. The van der Waals surface area contributed by atoms with Crippen molar-refractivity contribution in [2.45, 2.75) is 6.92 Å². The van der Waals surface area contributed by atoms with Crippen molar-refractivity contribution in [3.63, 3.8) is 0 Å². The maximum absolute atomic E-state index is 8.56. The highest BCUT2D eigenvalue weighted by Crippen LogP contribution is 2.25. The summed E-state index contributed by atoms with van der Waals surface area (Å²) in [6.45, 7) is 2.02. The first-order valence-electron chi connectivity index (χ1n) is 7.03. The molecule has 120 valence electrons. The van der Waals surface area contributed by atoms with Crippen molar-refractivity contribution < 1.29 is 19.7 Å². The smallest absolute Gasteiger partial charge is 0.497 e. The number of hydrogen-bond donors (Lipinski definition) is 2. The second kappa shape index (κ2) is 9.84. The average molecular weight is 312 g/mol. The van der Waals surface area contributed by atoms with E-state index in [4.69, 9.17) is 19.7 Å². The molecule has 0 aliphatic carbocycles. The summed E-state index contributed by atoms with van der Waals surface area (Å²) in [6.07, 6.45) is 4.40. The van der Waals surface area contributed by atoms with E-state index in [-0.39, 0.29) is 0 Å². The molecule has 0 bridgehead atoms. The summed E-state index contributed by atoms with van der Waals surface area (Å²) in [6, 6.07) is 18.5. The summed E-state index contributed by atoms with van der Waals surface area (Å²) in [5.41, 5.74) is 3.61. The molecule has 0 aromatic heterocycles. The summed E-state index contributed by atoms with van der Waals surface area (Å²) < 4.78 is 5.20. The van der Waals surface area contributed by atoms with Gasteiger partial charge in [-0.1, -0.05) is 60.7 Å². The molecule has 2 aromatic rings. The van der Waals surface area contributed by atoms with Crippen molar-refractivity contribution in [1.29, 1.82) is 0 Å². The second-order valence-corrected chi connectivity index (χ2v) is 4.48. The molecular formula is C19H20O4. The number of hydrogen-bond acceptors (Lipinski definition) is 2. The van der Waals surface area contributed by atoms with Gasteiger partial charge in [0.2, 0.25) is 0 Å². The molecule has 0 saturated carbocycles. The summed E-state index contributed by atoms with van der Waals surface area (Å²) in [7, 11) is 1.68. The van der Waals surface area contributed by atoms with Crippen molar-refractivity contribution in [1.82, 2.24) is 0 Å². The van der Waals surface area contributed by atoms with Crippen LogP contribution in [-0.4, -0.2) is 23.5 Å². The highest BCUT2D eigenvalue weighted by Gasteiger charge is 2.03. The van der Waals surface area contributed by atoms with Gasteiger partial charge in [0.15, 0.2) is 0 Å². The van der Waals surface area contributed by atoms with Crippen molar-refractivity contribution in [2.24, 2.45) is 0 Å². The molecule has 0 unspecified atom stereocenters. The van der Waals surface area contributed by atoms with Crippen LogP contribution in [0.3, 0.4) is 0 Å². The van der Waals surface area contributed by atoms with Crippen LogP contribution in [-0.2, 0) is 0 Å². The zero-order valence-corrected chi connectivity index (χ0v) is 13.1. The maximum atomic E-state index is 8.56. The number of ether oxygens (including phenoxy) is 1. The van der Waals surface area contributed by atoms with Gasteiger partial charge in [-0.25, -0.2) is 4.79 Å². The molecule has 4 heteroatoms. The Bertz CT molecular complexity index is 652. The molecular weight excluding hydrogens is 292 g/mol. The van der Waals surface area contributed by atoms with Crippen molar-refractivity contribution in [3.05, 3.63) is 84.0 Å². The lowest BCUT2D eigenvalue weighted by atomic mass is 9.97. The molecule has 0 radical (unpaired) electrons. The largest absolute Gasteiger partial charge is 0.503 e. The van der Waals surface area contributed by atoms with Gasteiger partial charge in [-0.3, -0.25) is 0 Å². The van der Waals surface area contributed by atoms with Crippen molar-refractivity contribution >= 4 is 11.7 Å². The van der Waals surface area contributed by atoms with Gasteiger partial charge in [-0.15, -0.1) is 0 Å². The number of carboxylic acid groups (broad SMARTS) is 2. The van der Waals surface area contributed by atoms with Gasteiger partial charge in [-0.2, -0.15) is 0 Å². The number of carbonyl (C=O) groups is 1. The molecule has 0 fully saturated rings. The number of methoxy groups -OCH3 is 1. The van der Waals surface area contributed by atoms with Crippen molar-refractivity contribution in [2.75, 3.05) is 7.11 Å². The fraction of sp³-hybridized carbons (Fsp3) is 0.105. The minimum absolute atomic E-state index is 0.877. The number of allylic oxidation sites excluding steroid dienone is 3. The summed E-state index contributed by atoms with van der Waals surface area (Å²) in [5.74, 6) is 0.877. The van der Waals surface area contributed by atoms with Crippen LogP contribution in [0.15, 0.2) is 72.8 Å². The summed E-state index contributed by atoms with van der Waals surface area (Å²) in [4.78, 5) is 8.56. The van der Waals surface area contributed by atoms with Crippen LogP contribution in [0.4, 0.5) is 4.79 Å². The van der Waals surface area contributed by atoms with E-state index in [0.717, 1.165) is 5.75 Å². The lowest BCUT2D eigenvalue weighted by molar-refractivity contribution is 0.137. The first-order chi connectivity index (χ1) is 11.1. The van der Waals surface area contributed by atoms with Gasteiger partial charge < -0.3 is 14.9 Å². The molecule has 2 rings (SSSR count). The molecule has 2 N–H and O–H groups in total. The SMILES string of the molecule is C/C=C/C=C(\c1ccccc1)c1ccc(OC)cc1.O=C(O)O. The molecule has 4 nitrogen and oxygen atoms in total. The summed E-state index contributed by atoms with van der Waals surface area (Å²) in [5, 5.41) is 13.9.